The summed E-state index contributed by atoms with van der Waals surface area (Å²) in [7, 11) is 0. The maximum atomic E-state index is 10.8. The first kappa shape index (κ1) is 9.59. The largest absolute Gasteiger partial charge is 0.369 e. The predicted octanol–water partition coefficient (Wildman–Crippen LogP) is 2.05. The van der Waals surface area contributed by atoms with E-state index in [1.807, 2.05) is 36.0 Å². The number of hydrogen-bond donors (Lipinski definition) is 0. The molecule has 2 nitrogen and oxygen atoms in total. The monoisotopic (exact) mass is 207 g/mol. The van der Waals surface area contributed by atoms with Crippen LogP contribution in [0.25, 0.3) is 0 Å². The molecule has 1 fully saturated rings. The molecule has 0 atom stereocenters. The zero-order valence-corrected chi connectivity index (χ0v) is 8.96. The lowest BCUT2D eigenvalue weighted by atomic mass is 10.1. The van der Waals surface area contributed by atoms with Crippen molar-refractivity contribution in [2.24, 2.45) is 0 Å². The Hall–Kier alpha value is -0.960. The van der Waals surface area contributed by atoms with Gasteiger partial charge in [-0.25, -0.2) is 0 Å². The van der Waals surface area contributed by atoms with E-state index in [9.17, 15) is 4.79 Å². The van der Waals surface area contributed by atoms with Gasteiger partial charge in [0.05, 0.1) is 0 Å². The average molecular weight is 207 g/mol. The number of anilines is 1. The Labute approximate surface area is 88.3 Å². The Bertz CT molecular complexity index is 334. The topological polar surface area (TPSA) is 20.3 Å². The molecule has 14 heavy (non-hydrogen) atoms. The number of hydrogen-bond acceptors (Lipinski definition) is 3. The van der Waals surface area contributed by atoms with Crippen LogP contribution in [0.2, 0.25) is 0 Å². The molecule has 1 aliphatic rings. The second kappa shape index (κ2) is 4.05. The number of carbonyl (C=O) groups excluding carboxylic acids is 1. The Kier molecular flexibility index (Phi) is 2.77. The quantitative estimate of drug-likeness (QED) is 0.708. The molecule has 1 aromatic rings. The SMILES string of the molecule is CSC1CN(c2ccccc2C=O)C1. The first-order chi connectivity index (χ1) is 6.85. The molecule has 0 N–H and O–H groups in total. The third-order valence-corrected chi connectivity index (χ3v) is 3.55. The van der Waals surface area contributed by atoms with Crippen molar-refractivity contribution in [3.8, 4) is 0 Å². The van der Waals surface area contributed by atoms with E-state index in [0.29, 0.717) is 0 Å². The first-order valence-electron chi connectivity index (χ1n) is 4.67. The van der Waals surface area contributed by atoms with E-state index >= 15 is 0 Å². The minimum Gasteiger partial charge on any atom is -0.369 e. The Morgan fingerprint density at radius 3 is 2.79 bits per heavy atom. The van der Waals surface area contributed by atoms with E-state index < -0.39 is 0 Å². The van der Waals surface area contributed by atoms with Crippen LogP contribution in [-0.2, 0) is 0 Å². The highest BCUT2D eigenvalue weighted by Gasteiger charge is 2.26. The van der Waals surface area contributed by atoms with Gasteiger partial charge in [0.2, 0.25) is 0 Å². The Morgan fingerprint density at radius 1 is 1.43 bits per heavy atom. The van der Waals surface area contributed by atoms with Gasteiger partial charge in [0, 0.05) is 29.6 Å². The summed E-state index contributed by atoms with van der Waals surface area (Å²) in [6.45, 7) is 2.12. The van der Waals surface area contributed by atoms with E-state index in [1.165, 1.54) is 0 Å². The molecule has 3 heteroatoms. The van der Waals surface area contributed by atoms with Gasteiger partial charge in [-0.2, -0.15) is 11.8 Å². The third kappa shape index (κ3) is 1.64. The second-order valence-corrected chi connectivity index (χ2v) is 4.58. The standard InChI is InChI=1S/C11H13NOS/c1-14-10-6-12(7-10)11-5-3-2-4-9(11)8-13/h2-5,8,10H,6-7H2,1H3. The van der Waals surface area contributed by atoms with Crippen molar-refractivity contribution in [1.82, 2.24) is 0 Å². The van der Waals surface area contributed by atoms with Gasteiger partial charge in [-0.1, -0.05) is 12.1 Å². The first-order valence-corrected chi connectivity index (χ1v) is 5.96. The van der Waals surface area contributed by atoms with E-state index in [4.69, 9.17) is 0 Å². The van der Waals surface area contributed by atoms with Crippen LogP contribution in [-0.4, -0.2) is 30.9 Å². The van der Waals surface area contributed by atoms with Crippen LogP contribution >= 0.6 is 11.8 Å². The van der Waals surface area contributed by atoms with Crippen LogP contribution in [0, 0.1) is 0 Å². The number of carbonyl (C=O) groups is 1. The Balaban J connectivity index is 2.13. The minimum absolute atomic E-state index is 0.731. The molecule has 1 aliphatic heterocycles. The van der Waals surface area contributed by atoms with E-state index in [2.05, 4.69) is 11.2 Å². The number of para-hydroxylation sites is 1. The summed E-state index contributed by atoms with van der Waals surface area (Å²) >= 11 is 1.89. The van der Waals surface area contributed by atoms with E-state index in [0.717, 1.165) is 35.9 Å². The lowest BCUT2D eigenvalue weighted by Crippen LogP contribution is -2.49. The van der Waals surface area contributed by atoms with Crippen molar-refractivity contribution in [3.63, 3.8) is 0 Å². The van der Waals surface area contributed by atoms with Gasteiger partial charge in [0.15, 0.2) is 6.29 Å². The molecular formula is C11H13NOS. The van der Waals surface area contributed by atoms with E-state index in [1.54, 1.807) is 0 Å². The van der Waals surface area contributed by atoms with Crippen molar-refractivity contribution in [2.45, 2.75) is 5.25 Å². The molecule has 74 valence electrons. The molecule has 0 aliphatic carbocycles. The molecule has 0 unspecified atom stereocenters. The smallest absolute Gasteiger partial charge is 0.152 e. The zero-order chi connectivity index (χ0) is 9.97. The maximum absolute atomic E-state index is 10.8. The van der Waals surface area contributed by atoms with Crippen molar-refractivity contribution < 1.29 is 4.79 Å². The lowest BCUT2D eigenvalue weighted by molar-refractivity contribution is 0.112. The summed E-state index contributed by atoms with van der Waals surface area (Å²) < 4.78 is 0. The van der Waals surface area contributed by atoms with Crippen LogP contribution in [0.5, 0.6) is 0 Å². The molecule has 1 aromatic carbocycles. The van der Waals surface area contributed by atoms with Crippen molar-refractivity contribution in [2.75, 3.05) is 24.2 Å². The molecule has 0 radical (unpaired) electrons. The highest BCUT2D eigenvalue weighted by molar-refractivity contribution is 7.99. The van der Waals surface area contributed by atoms with Gasteiger partial charge < -0.3 is 4.90 Å². The molecule has 0 bridgehead atoms. The molecule has 0 aromatic heterocycles. The van der Waals surface area contributed by atoms with Crippen molar-refractivity contribution >= 4 is 23.7 Å². The predicted molar refractivity (Wildman–Crippen MR) is 61.3 cm³/mol. The summed E-state index contributed by atoms with van der Waals surface area (Å²) in [4.78, 5) is 13.0. The molecule has 2 rings (SSSR count). The highest BCUT2D eigenvalue weighted by Crippen LogP contribution is 2.28. The average Bonchev–Trinajstić information content (AvgIpc) is 2.17. The summed E-state index contributed by atoms with van der Waals surface area (Å²) in [6.07, 6.45) is 3.06. The normalized spacial score (nSPS) is 16.5. The molecule has 1 heterocycles. The van der Waals surface area contributed by atoms with Crippen molar-refractivity contribution in [3.05, 3.63) is 29.8 Å². The fourth-order valence-electron chi connectivity index (χ4n) is 1.66. The molecule has 0 saturated carbocycles. The molecule has 1 saturated heterocycles. The lowest BCUT2D eigenvalue weighted by Gasteiger charge is -2.40. The second-order valence-electron chi connectivity index (χ2n) is 3.44. The summed E-state index contributed by atoms with van der Waals surface area (Å²) in [5, 5.41) is 0.731. The Morgan fingerprint density at radius 2 is 2.14 bits per heavy atom. The van der Waals surface area contributed by atoms with Gasteiger partial charge in [-0.3, -0.25) is 4.79 Å². The van der Waals surface area contributed by atoms with Crippen LogP contribution in [0.4, 0.5) is 5.69 Å². The van der Waals surface area contributed by atoms with Crippen LogP contribution in [0.3, 0.4) is 0 Å². The third-order valence-electron chi connectivity index (χ3n) is 2.59. The van der Waals surface area contributed by atoms with E-state index in [-0.39, 0.29) is 0 Å². The minimum atomic E-state index is 0.731. The summed E-state index contributed by atoms with van der Waals surface area (Å²) in [6, 6.07) is 7.77. The summed E-state index contributed by atoms with van der Waals surface area (Å²) in [5.41, 5.74) is 1.87. The van der Waals surface area contributed by atoms with Gasteiger partial charge >= 0.3 is 0 Å². The molecular weight excluding hydrogens is 194 g/mol. The van der Waals surface area contributed by atoms with Crippen molar-refractivity contribution in [1.29, 1.82) is 0 Å². The van der Waals surface area contributed by atoms with Crippen LogP contribution < -0.4 is 4.90 Å². The number of nitrogens with zero attached hydrogens (tertiary/aromatic N) is 1. The molecule has 0 spiro atoms. The van der Waals surface area contributed by atoms with Crippen LogP contribution in [0.1, 0.15) is 10.4 Å². The zero-order valence-electron chi connectivity index (χ0n) is 8.14. The number of benzene rings is 1. The van der Waals surface area contributed by atoms with Gasteiger partial charge in [0.25, 0.3) is 0 Å². The fraction of sp³-hybridized carbons (Fsp3) is 0.364. The van der Waals surface area contributed by atoms with Gasteiger partial charge in [-0.05, 0) is 18.4 Å². The highest BCUT2D eigenvalue weighted by atomic mass is 32.2. The number of aldehydes is 1. The van der Waals surface area contributed by atoms with Gasteiger partial charge in [-0.15, -0.1) is 0 Å². The maximum Gasteiger partial charge on any atom is 0.152 e. The molecule has 0 amide bonds. The number of thioether (sulfide) groups is 1. The van der Waals surface area contributed by atoms with Crippen LogP contribution in [0.15, 0.2) is 24.3 Å². The fourth-order valence-corrected chi connectivity index (χ4v) is 2.32. The van der Waals surface area contributed by atoms with Gasteiger partial charge in [0.1, 0.15) is 0 Å². The summed E-state index contributed by atoms with van der Waals surface area (Å²) in [5.74, 6) is 0. The number of rotatable bonds is 3.